The molecular formula is C18H20FN3O. The number of nitrogens with two attached hydrogens (primary N) is 1. The molecule has 0 aliphatic carbocycles. The zero-order valence-electron chi connectivity index (χ0n) is 12.9. The summed E-state index contributed by atoms with van der Waals surface area (Å²) in [5.41, 5.74) is 8.03. The van der Waals surface area contributed by atoms with Crippen LogP contribution in [0.5, 0.6) is 0 Å². The number of carbonyl (C=O) groups is 1. The molecule has 1 aliphatic rings. The second-order valence-corrected chi connectivity index (χ2v) is 5.80. The molecule has 23 heavy (non-hydrogen) atoms. The van der Waals surface area contributed by atoms with Crippen LogP contribution in [-0.2, 0) is 6.54 Å². The molecule has 0 radical (unpaired) electrons. The average Bonchev–Trinajstić information content (AvgIpc) is 2.58. The topological polar surface area (TPSA) is 49.6 Å². The first kappa shape index (κ1) is 15.5. The van der Waals surface area contributed by atoms with E-state index in [2.05, 4.69) is 9.80 Å². The van der Waals surface area contributed by atoms with E-state index in [1.807, 2.05) is 24.3 Å². The van der Waals surface area contributed by atoms with Gasteiger partial charge < -0.3 is 10.6 Å². The fourth-order valence-corrected chi connectivity index (χ4v) is 2.85. The molecule has 0 atom stereocenters. The molecule has 1 heterocycles. The van der Waals surface area contributed by atoms with Gasteiger partial charge in [-0.05, 0) is 42.0 Å². The normalized spacial score (nSPS) is 15.6. The van der Waals surface area contributed by atoms with Gasteiger partial charge in [0.15, 0.2) is 0 Å². The highest BCUT2D eigenvalue weighted by molar-refractivity contribution is 5.93. The van der Waals surface area contributed by atoms with E-state index in [0.29, 0.717) is 5.56 Å². The number of benzene rings is 2. The summed E-state index contributed by atoms with van der Waals surface area (Å²) < 4.78 is 12.9. The number of nitrogens with zero attached hydrogens (tertiary/aromatic N) is 2. The van der Waals surface area contributed by atoms with Gasteiger partial charge in [0.25, 0.3) is 0 Å². The third kappa shape index (κ3) is 3.87. The number of carbonyl (C=O) groups excluding carboxylic acids is 1. The van der Waals surface area contributed by atoms with Crippen LogP contribution in [0.4, 0.5) is 10.1 Å². The van der Waals surface area contributed by atoms with Gasteiger partial charge in [-0.25, -0.2) is 4.39 Å². The molecule has 3 rings (SSSR count). The Hall–Kier alpha value is -2.40. The predicted molar refractivity (Wildman–Crippen MR) is 88.8 cm³/mol. The second-order valence-electron chi connectivity index (χ2n) is 5.80. The van der Waals surface area contributed by atoms with E-state index >= 15 is 0 Å². The minimum atomic E-state index is -0.402. The molecule has 120 valence electrons. The quantitative estimate of drug-likeness (QED) is 0.942. The first-order chi connectivity index (χ1) is 11.1. The summed E-state index contributed by atoms with van der Waals surface area (Å²) >= 11 is 0. The highest BCUT2D eigenvalue weighted by Crippen LogP contribution is 2.18. The number of hydrogen-bond acceptors (Lipinski definition) is 3. The van der Waals surface area contributed by atoms with Crippen molar-refractivity contribution in [1.29, 1.82) is 0 Å². The Labute approximate surface area is 135 Å². The Morgan fingerprint density at radius 1 is 0.957 bits per heavy atom. The Morgan fingerprint density at radius 3 is 2.13 bits per heavy atom. The lowest BCUT2D eigenvalue weighted by Crippen LogP contribution is -2.45. The Balaban J connectivity index is 1.55. The maximum atomic E-state index is 12.9. The van der Waals surface area contributed by atoms with Crippen LogP contribution >= 0.6 is 0 Å². The van der Waals surface area contributed by atoms with E-state index in [1.54, 1.807) is 12.1 Å². The molecule has 2 aromatic carbocycles. The Morgan fingerprint density at radius 2 is 1.57 bits per heavy atom. The molecule has 1 aliphatic heterocycles. The Bertz CT molecular complexity index is 662. The van der Waals surface area contributed by atoms with Crippen molar-refractivity contribution in [1.82, 2.24) is 4.90 Å². The van der Waals surface area contributed by atoms with Crippen LogP contribution in [0.25, 0.3) is 0 Å². The van der Waals surface area contributed by atoms with Gasteiger partial charge in [0, 0.05) is 44.0 Å². The molecular weight excluding hydrogens is 293 g/mol. The van der Waals surface area contributed by atoms with Crippen molar-refractivity contribution < 1.29 is 9.18 Å². The fourth-order valence-electron chi connectivity index (χ4n) is 2.85. The van der Waals surface area contributed by atoms with Gasteiger partial charge in [-0.1, -0.05) is 12.1 Å². The molecule has 0 saturated carbocycles. The maximum Gasteiger partial charge on any atom is 0.248 e. The monoisotopic (exact) mass is 313 g/mol. The lowest BCUT2D eigenvalue weighted by atomic mass is 10.1. The standard InChI is InChI=1S/C18H20FN3O/c19-16-5-1-14(2-6-16)13-21-9-11-22(12-10-21)17-7-3-15(4-8-17)18(20)23/h1-8H,9-13H2,(H2,20,23). The van der Waals surface area contributed by atoms with Gasteiger partial charge >= 0.3 is 0 Å². The maximum absolute atomic E-state index is 12.9. The van der Waals surface area contributed by atoms with E-state index in [4.69, 9.17) is 5.73 Å². The SMILES string of the molecule is NC(=O)c1ccc(N2CCN(Cc3ccc(F)cc3)CC2)cc1. The fraction of sp³-hybridized carbons (Fsp3) is 0.278. The number of anilines is 1. The molecule has 1 amide bonds. The minimum Gasteiger partial charge on any atom is -0.369 e. The summed E-state index contributed by atoms with van der Waals surface area (Å²) in [6, 6.07) is 14.1. The number of amides is 1. The molecule has 2 aromatic rings. The average molecular weight is 313 g/mol. The largest absolute Gasteiger partial charge is 0.369 e. The van der Waals surface area contributed by atoms with Crippen molar-refractivity contribution >= 4 is 11.6 Å². The molecule has 1 fully saturated rings. The first-order valence-electron chi connectivity index (χ1n) is 7.73. The molecule has 1 saturated heterocycles. The lowest BCUT2D eigenvalue weighted by Gasteiger charge is -2.36. The smallest absolute Gasteiger partial charge is 0.248 e. The number of hydrogen-bond donors (Lipinski definition) is 1. The van der Waals surface area contributed by atoms with Gasteiger partial charge in [0.1, 0.15) is 5.82 Å². The third-order valence-corrected chi connectivity index (χ3v) is 4.21. The number of piperazine rings is 1. The van der Waals surface area contributed by atoms with Gasteiger partial charge in [-0.2, -0.15) is 0 Å². The minimum absolute atomic E-state index is 0.196. The zero-order valence-corrected chi connectivity index (χ0v) is 12.9. The van der Waals surface area contributed by atoms with Gasteiger partial charge in [-0.3, -0.25) is 9.69 Å². The summed E-state index contributed by atoms with van der Waals surface area (Å²) in [6.45, 7) is 4.60. The van der Waals surface area contributed by atoms with Crippen LogP contribution < -0.4 is 10.6 Å². The van der Waals surface area contributed by atoms with E-state index in [1.165, 1.54) is 12.1 Å². The van der Waals surface area contributed by atoms with E-state index in [0.717, 1.165) is 44.0 Å². The highest BCUT2D eigenvalue weighted by atomic mass is 19.1. The van der Waals surface area contributed by atoms with Crippen LogP contribution in [0.2, 0.25) is 0 Å². The number of halogens is 1. The van der Waals surface area contributed by atoms with Crippen LogP contribution in [0.3, 0.4) is 0 Å². The van der Waals surface area contributed by atoms with E-state index < -0.39 is 5.91 Å². The summed E-state index contributed by atoms with van der Waals surface area (Å²) in [6.07, 6.45) is 0. The van der Waals surface area contributed by atoms with Crippen molar-refractivity contribution in [3.8, 4) is 0 Å². The molecule has 2 N–H and O–H groups in total. The van der Waals surface area contributed by atoms with Gasteiger partial charge in [0.2, 0.25) is 5.91 Å². The molecule has 5 heteroatoms. The zero-order chi connectivity index (χ0) is 16.2. The second kappa shape index (κ2) is 6.79. The van der Waals surface area contributed by atoms with Crippen molar-refractivity contribution in [2.45, 2.75) is 6.54 Å². The van der Waals surface area contributed by atoms with Crippen molar-refractivity contribution in [3.63, 3.8) is 0 Å². The third-order valence-electron chi connectivity index (χ3n) is 4.21. The van der Waals surface area contributed by atoms with E-state index in [-0.39, 0.29) is 5.82 Å². The van der Waals surface area contributed by atoms with Crippen LogP contribution in [0.15, 0.2) is 48.5 Å². The molecule has 0 aromatic heterocycles. The van der Waals surface area contributed by atoms with Crippen molar-refractivity contribution in [3.05, 3.63) is 65.5 Å². The van der Waals surface area contributed by atoms with Crippen LogP contribution in [0, 0.1) is 5.82 Å². The Kier molecular flexibility index (Phi) is 4.57. The molecule has 4 nitrogen and oxygen atoms in total. The summed E-state index contributed by atoms with van der Waals surface area (Å²) in [5, 5.41) is 0. The predicted octanol–water partition coefficient (Wildman–Crippen LogP) is 2.25. The number of rotatable bonds is 4. The summed E-state index contributed by atoms with van der Waals surface area (Å²) in [5.74, 6) is -0.598. The van der Waals surface area contributed by atoms with Crippen molar-refractivity contribution in [2.24, 2.45) is 5.73 Å². The summed E-state index contributed by atoms with van der Waals surface area (Å²) in [7, 11) is 0. The molecule has 0 spiro atoms. The van der Waals surface area contributed by atoms with E-state index in [9.17, 15) is 9.18 Å². The van der Waals surface area contributed by atoms with Gasteiger partial charge in [0.05, 0.1) is 0 Å². The van der Waals surface area contributed by atoms with Crippen molar-refractivity contribution in [2.75, 3.05) is 31.1 Å². The van der Waals surface area contributed by atoms with Crippen LogP contribution in [0.1, 0.15) is 15.9 Å². The molecule has 0 bridgehead atoms. The number of primary amides is 1. The van der Waals surface area contributed by atoms with Gasteiger partial charge in [-0.15, -0.1) is 0 Å². The highest BCUT2D eigenvalue weighted by Gasteiger charge is 2.17. The lowest BCUT2D eigenvalue weighted by molar-refractivity contribution is 0.100. The molecule has 0 unspecified atom stereocenters. The van der Waals surface area contributed by atoms with Crippen LogP contribution in [-0.4, -0.2) is 37.0 Å². The summed E-state index contributed by atoms with van der Waals surface area (Å²) in [4.78, 5) is 15.8. The first-order valence-corrected chi connectivity index (χ1v) is 7.73.